The van der Waals surface area contributed by atoms with Crippen LogP contribution < -0.4 is 9.88 Å². The average Bonchev–Trinajstić information content (AvgIpc) is 2.33. The first-order valence-corrected chi connectivity index (χ1v) is 7.98. The molecule has 19 heavy (non-hydrogen) atoms. The van der Waals surface area contributed by atoms with E-state index in [1.807, 2.05) is 0 Å². The van der Waals surface area contributed by atoms with Gasteiger partial charge in [-0.05, 0) is 34.8 Å². The molecule has 1 saturated heterocycles. The fourth-order valence-electron chi connectivity index (χ4n) is 1.80. The summed E-state index contributed by atoms with van der Waals surface area (Å²) in [6, 6.07) is 2.11. The molecule has 1 atom stereocenters. The van der Waals surface area contributed by atoms with E-state index in [2.05, 4.69) is 15.9 Å². The second-order valence-electron chi connectivity index (χ2n) is 4.22. The van der Waals surface area contributed by atoms with Gasteiger partial charge < -0.3 is 9.47 Å². The Kier molecular flexibility index (Phi) is 4.44. The molecule has 0 saturated carbocycles. The molecular weight excluding hydrogens is 341 g/mol. The highest BCUT2D eigenvalue weighted by Crippen LogP contribution is 2.31. The highest BCUT2D eigenvalue weighted by Gasteiger charge is 2.21. The Labute approximate surface area is 119 Å². The highest BCUT2D eigenvalue weighted by atomic mass is 79.9. The van der Waals surface area contributed by atoms with Gasteiger partial charge in [-0.3, -0.25) is 0 Å². The molecule has 0 bridgehead atoms. The summed E-state index contributed by atoms with van der Waals surface area (Å²) in [7, 11) is -4.09. The van der Waals surface area contributed by atoms with Gasteiger partial charge in [-0.25, -0.2) is 17.9 Å². The quantitative estimate of drug-likeness (QED) is 0.898. The van der Waals surface area contributed by atoms with Gasteiger partial charge >= 0.3 is 0 Å². The van der Waals surface area contributed by atoms with E-state index in [1.165, 1.54) is 0 Å². The van der Waals surface area contributed by atoms with Gasteiger partial charge in [0.15, 0.2) is 0 Å². The van der Waals surface area contributed by atoms with Crippen molar-refractivity contribution < 1.29 is 22.3 Å². The monoisotopic (exact) mass is 353 g/mol. The third-order valence-electron chi connectivity index (χ3n) is 2.71. The van der Waals surface area contributed by atoms with Gasteiger partial charge in [0.1, 0.15) is 22.6 Å². The third kappa shape index (κ3) is 3.65. The third-order valence-corrected chi connectivity index (χ3v) is 4.25. The minimum absolute atomic E-state index is 0.162. The van der Waals surface area contributed by atoms with Crippen LogP contribution in [0.15, 0.2) is 21.5 Å². The van der Waals surface area contributed by atoms with Crippen LogP contribution in [-0.2, 0) is 14.8 Å². The van der Waals surface area contributed by atoms with Crippen LogP contribution in [0.25, 0.3) is 0 Å². The number of benzene rings is 1. The fourth-order valence-corrected chi connectivity index (χ4v) is 3.00. The van der Waals surface area contributed by atoms with Crippen molar-refractivity contribution in [2.75, 3.05) is 13.2 Å². The van der Waals surface area contributed by atoms with Gasteiger partial charge in [0.05, 0.1) is 11.1 Å². The predicted molar refractivity (Wildman–Crippen MR) is 69.9 cm³/mol. The van der Waals surface area contributed by atoms with Crippen molar-refractivity contribution in [2.24, 2.45) is 5.14 Å². The van der Waals surface area contributed by atoms with Crippen LogP contribution in [0.1, 0.15) is 12.8 Å². The molecule has 2 rings (SSSR count). The molecule has 0 amide bonds. The highest BCUT2D eigenvalue weighted by molar-refractivity contribution is 9.10. The number of rotatable bonds is 3. The summed E-state index contributed by atoms with van der Waals surface area (Å²) in [6.45, 7) is 1.13. The lowest BCUT2D eigenvalue weighted by atomic mass is 10.2. The maximum absolute atomic E-state index is 13.7. The summed E-state index contributed by atoms with van der Waals surface area (Å²) >= 11 is 3.15. The van der Waals surface area contributed by atoms with E-state index in [1.54, 1.807) is 0 Å². The Morgan fingerprint density at radius 2 is 2.21 bits per heavy atom. The Balaban J connectivity index is 2.25. The lowest BCUT2D eigenvalue weighted by molar-refractivity contribution is 0.00695. The van der Waals surface area contributed by atoms with Crippen LogP contribution in [0.2, 0.25) is 0 Å². The Bertz CT molecular complexity index is 572. The molecule has 5 nitrogen and oxygen atoms in total. The molecule has 0 spiro atoms. The zero-order chi connectivity index (χ0) is 14.0. The summed E-state index contributed by atoms with van der Waals surface area (Å²) in [5.74, 6) is -0.696. The van der Waals surface area contributed by atoms with Crippen LogP contribution >= 0.6 is 15.9 Å². The fraction of sp³-hybridized carbons (Fsp3) is 0.455. The van der Waals surface area contributed by atoms with Crippen LogP contribution in [0, 0.1) is 5.82 Å². The molecule has 1 aromatic rings. The first-order chi connectivity index (χ1) is 8.88. The number of sulfonamides is 1. The van der Waals surface area contributed by atoms with Crippen molar-refractivity contribution in [1.82, 2.24) is 0 Å². The molecule has 106 valence electrons. The number of hydrogen-bond donors (Lipinski definition) is 1. The normalized spacial score (nSPS) is 20.3. The summed E-state index contributed by atoms with van der Waals surface area (Å²) in [4.78, 5) is -0.563. The van der Waals surface area contributed by atoms with E-state index in [9.17, 15) is 12.8 Å². The van der Waals surface area contributed by atoms with Gasteiger partial charge in [-0.1, -0.05) is 0 Å². The number of halogens is 2. The maximum atomic E-state index is 13.7. The van der Waals surface area contributed by atoms with E-state index in [-0.39, 0.29) is 11.9 Å². The lowest BCUT2D eigenvalue weighted by Crippen LogP contribution is -2.28. The second-order valence-corrected chi connectivity index (χ2v) is 6.60. The van der Waals surface area contributed by atoms with Crippen LogP contribution in [-0.4, -0.2) is 27.7 Å². The lowest BCUT2D eigenvalue weighted by Gasteiger charge is -2.24. The van der Waals surface area contributed by atoms with Crippen LogP contribution in [0.5, 0.6) is 5.75 Å². The van der Waals surface area contributed by atoms with Crippen LogP contribution in [0.3, 0.4) is 0 Å². The molecule has 1 aliphatic heterocycles. The maximum Gasteiger partial charge on any atom is 0.241 e. The summed E-state index contributed by atoms with van der Waals surface area (Å²) in [6.07, 6.45) is 1.52. The molecule has 0 aliphatic carbocycles. The Morgan fingerprint density at radius 3 is 2.79 bits per heavy atom. The van der Waals surface area contributed by atoms with E-state index in [4.69, 9.17) is 14.6 Å². The molecule has 1 aromatic carbocycles. The minimum Gasteiger partial charge on any atom is -0.487 e. The van der Waals surface area contributed by atoms with E-state index >= 15 is 0 Å². The molecule has 0 radical (unpaired) electrons. The molecule has 1 unspecified atom stereocenters. The predicted octanol–water partition coefficient (Wildman–Crippen LogP) is 1.79. The summed E-state index contributed by atoms with van der Waals surface area (Å²) in [5, 5.41) is 4.91. The molecule has 1 heterocycles. The van der Waals surface area contributed by atoms with Crippen molar-refractivity contribution >= 4 is 26.0 Å². The van der Waals surface area contributed by atoms with Gasteiger partial charge in [-0.15, -0.1) is 0 Å². The molecule has 1 fully saturated rings. The van der Waals surface area contributed by atoms with Gasteiger partial charge in [0.25, 0.3) is 0 Å². The molecule has 2 N–H and O–H groups in total. The van der Waals surface area contributed by atoms with Crippen molar-refractivity contribution in [1.29, 1.82) is 0 Å². The first-order valence-electron chi connectivity index (χ1n) is 5.64. The van der Waals surface area contributed by atoms with Crippen molar-refractivity contribution in [3.8, 4) is 5.75 Å². The standard InChI is InChI=1S/C11H13BrFNO4S/c12-8-4-11(19(14,15)16)9(13)5-10(8)18-7-2-1-3-17-6-7/h4-5,7H,1-3,6H2,(H2,14,15,16). The van der Waals surface area contributed by atoms with Crippen molar-refractivity contribution in [2.45, 2.75) is 23.8 Å². The van der Waals surface area contributed by atoms with Crippen molar-refractivity contribution in [3.63, 3.8) is 0 Å². The zero-order valence-electron chi connectivity index (χ0n) is 9.93. The number of ether oxygens (including phenoxy) is 2. The average molecular weight is 354 g/mol. The SMILES string of the molecule is NS(=O)(=O)c1cc(Br)c(OC2CCCOC2)cc1F. The van der Waals surface area contributed by atoms with Gasteiger partial charge in [-0.2, -0.15) is 0 Å². The number of hydrogen-bond acceptors (Lipinski definition) is 4. The van der Waals surface area contributed by atoms with E-state index in [0.717, 1.165) is 25.0 Å². The summed E-state index contributed by atoms with van der Waals surface area (Å²) in [5.41, 5.74) is 0. The van der Waals surface area contributed by atoms with E-state index < -0.39 is 20.7 Å². The molecule has 8 heteroatoms. The Hall–Kier alpha value is -0.700. The largest absolute Gasteiger partial charge is 0.487 e. The first kappa shape index (κ1) is 14.7. The van der Waals surface area contributed by atoms with Crippen LogP contribution in [0.4, 0.5) is 4.39 Å². The van der Waals surface area contributed by atoms with E-state index in [0.29, 0.717) is 17.7 Å². The molecule has 1 aliphatic rings. The number of primary sulfonamides is 1. The number of nitrogens with two attached hydrogens (primary N) is 1. The molecule has 0 aromatic heterocycles. The molecular formula is C11H13BrFNO4S. The topological polar surface area (TPSA) is 78.6 Å². The second kappa shape index (κ2) is 5.74. The summed E-state index contributed by atoms with van der Waals surface area (Å²) < 4.78 is 47.2. The smallest absolute Gasteiger partial charge is 0.241 e. The minimum atomic E-state index is -4.09. The zero-order valence-corrected chi connectivity index (χ0v) is 12.3. The van der Waals surface area contributed by atoms with Crippen molar-refractivity contribution in [3.05, 3.63) is 22.4 Å². The van der Waals surface area contributed by atoms with Gasteiger partial charge in [0, 0.05) is 12.7 Å². The Morgan fingerprint density at radius 1 is 1.47 bits per heavy atom. The van der Waals surface area contributed by atoms with Gasteiger partial charge in [0.2, 0.25) is 10.0 Å².